The molecule has 0 unspecified atom stereocenters. The van der Waals surface area contributed by atoms with Crippen molar-refractivity contribution < 1.29 is 9.59 Å². The lowest BCUT2D eigenvalue weighted by atomic mass is 9.95. The third-order valence-electron chi connectivity index (χ3n) is 3.28. The molecule has 1 aromatic carbocycles. The summed E-state index contributed by atoms with van der Waals surface area (Å²) in [7, 11) is 0. The zero-order chi connectivity index (χ0) is 14.5. The van der Waals surface area contributed by atoms with Gasteiger partial charge in [-0.1, -0.05) is 34.8 Å². The van der Waals surface area contributed by atoms with Crippen molar-refractivity contribution in [1.29, 1.82) is 0 Å². The van der Waals surface area contributed by atoms with Crippen molar-refractivity contribution in [3.8, 4) is 0 Å². The van der Waals surface area contributed by atoms with Gasteiger partial charge in [-0.15, -0.1) is 0 Å². The first-order valence-electron chi connectivity index (χ1n) is 5.81. The molecule has 1 aromatic rings. The van der Waals surface area contributed by atoms with Gasteiger partial charge in [0.25, 0.3) is 5.91 Å². The Kier molecular flexibility index (Phi) is 3.23. The second-order valence-electron chi connectivity index (χ2n) is 4.72. The van der Waals surface area contributed by atoms with E-state index < -0.39 is 16.9 Å². The van der Waals surface area contributed by atoms with Gasteiger partial charge in [0.05, 0.1) is 12.1 Å². The first kappa shape index (κ1) is 13.8. The number of hydrogen-bond donors (Lipinski definition) is 0. The van der Waals surface area contributed by atoms with E-state index in [1.165, 1.54) is 18.2 Å². The lowest BCUT2D eigenvalue weighted by Gasteiger charge is -2.18. The van der Waals surface area contributed by atoms with Crippen molar-refractivity contribution in [2.45, 2.75) is 23.9 Å². The van der Waals surface area contributed by atoms with Crippen LogP contribution < -0.4 is 4.90 Å². The van der Waals surface area contributed by atoms with Gasteiger partial charge in [-0.05, 0) is 18.2 Å². The number of imide groups is 1. The highest BCUT2D eigenvalue weighted by molar-refractivity contribution is 6.36. The summed E-state index contributed by atoms with van der Waals surface area (Å²) in [6.07, 6.45) is 0.187. The van der Waals surface area contributed by atoms with Crippen LogP contribution in [0.3, 0.4) is 0 Å². The Labute approximate surface area is 129 Å². The van der Waals surface area contributed by atoms with Crippen molar-refractivity contribution in [1.82, 2.24) is 0 Å². The number of hydrogen-bond acceptors (Lipinski definition) is 4. The van der Waals surface area contributed by atoms with Gasteiger partial charge in [0.1, 0.15) is 5.50 Å². The number of carbonyl (C=O) groups excluding carboxylic acids is 2. The Morgan fingerprint density at radius 2 is 1.85 bits per heavy atom. The Hall–Kier alpha value is -1.17. The average molecular weight is 333 g/mol. The number of alkyl halides is 1. The van der Waals surface area contributed by atoms with Crippen LogP contribution in [0.15, 0.2) is 28.4 Å². The molecule has 1 fully saturated rings. The molecule has 2 heterocycles. The van der Waals surface area contributed by atoms with Crippen LogP contribution >= 0.6 is 34.8 Å². The molecule has 104 valence electrons. The van der Waals surface area contributed by atoms with E-state index in [2.05, 4.69) is 10.2 Å². The molecule has 0 bridgehead atoms. The van der Waals surface area contributed by atoms with E-state index in [0.29, 0.717) is 15.7 Å². The zero-order valence-corrected chi connectivity index (χ0v) is 12.3. The number of amides is 2. The monoisotopic (exact) mass is 331 g/mol. The van der Waals surface area contributed by atoms with Gasteiger partial charge in [0.15, 0.2) is 5.54 Å². The molecular weight excluding hydrogens is 325 g/mol. The van der Waals surface area contributed by atoms with Crippen molar-refractivity contribution in [2.24, 2.45) is 10.2 Å². The summed E-state index contributed by atoms with van der Waals surface area (Å²) in [5, 5.41) is 8.36. The fraction of sp³-hybridized carbons (Fsp3) is 0.333. The van der Waals surface area contributed by atoms with E-state index in [1.807, 2.05) is 0 Å². The van der Waals surface area contributed by atoms with E-state index in [1.54, 1.807) is 0 Å². The molecule has 0 aromatic heterocycles. The number of halogens is 3. The van der Waals surface area contributed by atoms with Gasteiger partial charge in [-0.25, -0.2) is 4.90 Å². The minimum atomic E-state index is -1.17. The van der Waals surface area contributed by atoms with Crippen molar-refractivity contribution in [3.05, 3.63) is 28.2 Å². The second-order valence-corrected chi connectivity index (χ2v) is 6.10. The van der Waals surface area contributed by atoms with E-state index in [0.717, 1.165) is 4.90 Å². The predicted molar refractivity (Wildman–Crippen MR) is 75.4 cm³/mol. The Morgan fingerprint density at radius 3 is 2.40 bits per heavy atom. The van der Waals surface area contributed by atoms with Gasteiger partial charge >= 0.3 is 0 Å². The summed E-state index contributed by atoms with van der Waals surface area (Å²) in [5.74, 6) is -0.800. The van der Waals surface area contributed by atoms with Gasteiger partial charge in [-0.3, -0.25) is 9.59 Å². The molecule has 2 aliphatic heterocycles. The maximum absolute atomic E-state index is 12.5. The number of nitrogens with zero attached hydrogens (tertiary/aromatic N) is 3. The van der Waals surface area contributed by atoms with Crippen LogP contribution in [0.2, 0.25) is 10.0 Å². The Balaban J connectivity index is 2.01. The van der Waals surface area contributed by atoms with Crippen LogP contribution in [0.5, 0.6) is 0 Å². The van der Waals surface area contributed by atoms with Crippen LogP contribution in [-0.4, -0.2) is 22.9 Å². The number of anilines is 1. The van der Waals surface area contributed by atoms with Gasteiger partial charge < -0.3 is 0 Å². The molecule has 1 spiro atoms. The predicted octanol–water partition coefficient (Wildman–Crippen LogP) is 3.42. The molecule has 2 amide bonds. The summed E-state index contributed by atoms with van der Waals surface area (Å²) >= 11 is 17.7. The van der Waals surface area contributed by atoms with Crippen LogP contribution in [0.4, 0.5) is 5.69 Å². The Morgan fingerprint density at radius 1 is 1.20 bits per heavy atom. The maximum Gasteiger partial charge on any atom is 0.264 e. The van der Waals surface area contributed by atoms with Crippen LogP contribution in [0.25, 0.3) is 0 Å². The number of azo groups is 1. The maximum atomic E-state index is 12.5. The van der Waals surface area contributed by atoms with Gasteiger partial charge in [0.2, 0.25) is 5.91 Å². The van der Waals surface area contributed by atoms with E-state index >= 15 is 0 Å². The molecule has 0 radical (unpaired) electrons. The molecule has 2 atom stereocenters. The summed E-state index contributed by atoms with van der Waals surface area (Å²) in [6, 6.07) is 4.54. The molecule has 8 heteroatoms. The van der Waals surface area contributed by atoms with Crippen LogP contribution in [-0.2, 0) is 9.59 Å². The fourth-order valence-electron chi connectivity index (χ4n) is 2.43. The number of carbonyl (C=O) groups is 2. The third-order valence-corrected chi connectivity index (χ3v) is 3.96. The highest BCUT2D eigenvalue weighted by Gasteiger charge is 2.56. The Bertz CT molecular complexity index is 629. The fourth-order valence-corrected chi connectivity index (χ4v) is 3.24. The largest absolute Gasteiger partial charge is 0.274 e. The lowest BCUT2D eigenvalue weighted by Crippen LogP contribution is -2.38. The SMILES string of the molecule is O=C1C[C@@]2(C[C@@H](Cl)N=N2)C(=O)N1c1cc(Cl)cc(Cl)c1. The topological polar surface area (TPSA) is 62.1 Å². The smallest absolute Gasteiger partial charge is 0.264 e. The highest BCUT2D eigenvalue weighted by Crippen LogP contribution is 2.41. The van der Waals surface area contributed by atoms with Gasteiger partial charge in [0, 0.05) is 16.5 Å². The molecule has 20 heavy (non-hydrogen) atoms. The average Bonchev–Trinajstić information content (AvgIpc) is 2.80. The first-order valence-corrected chi connectivity index (χ1v) is 7.00. The first-order chi connectivity index (χ1) is 9.41. The van der Waals surface area contributed by atoms with Crippen LogP contribution in [0, 0.1) is 0 Å². The molecular formula is C12H8Cl3N3O2. The molecule has 2 aliphatic rings. The van der Waals surface area contributed by atoms with Crippen molar-refractivity contribution in [2.75, 3.05) is 4.90 Å². The summed E-state index contributed by atoms with van der Waals surface area (Å²) in [4.78, 5) is 25.7. The van der Waals surface area contributed by atoms with E-state index in [4.69, 9.17) is 34.8 Å². The van der Waals surface area contributed by atoms with E-state index in [9.17, 15) is 9.59 Å². The van der Waals surface area contributed by atoms with Crippen molar-refractivity contribution in [3.63, 3.8) is 0 Å². The number of benzene rings is 1. The molecule has 5 nitrogen and oxygen atoms in total. The van der Waals surface area contributed by atoms with Crippen LogP contribution in [0.1, 0.15) is 12.8 Å². The molecule has 3 rings (SSSR count). The summed E-state index contributed by atoms with van der Waals surface area (Å²) in [6.45, 7) is 0. The summed E-state index contributed by atoms with van der Waals surface area (Å²) < 4.78 is 0. The zero-order valence-electron chi connectivity index (χ0n) is 10.0. The highest BCUT2D eigenvalue weighted by atomic mass is 35.5. The van der Waals surface area contributed by atoms with Crippen molar-refractivity contribution >= 4 is 52.3 Å². The number of rotatable bonds is 1. The molecule has 0 aliphatic carbocycles. The second kappa shape index (κ2) is 4.69. The minimum Gasteiger partial charge on any atom is -0.274 e. The quantitative estimate of drug-likeness (QED) is 0.449. The standard InChI is InChI=1S/C12H8Cl3N3O2/c13-6-1-7(14)3-8(2-6)18-10(19)5-12(11(18)20)4-9(15)16-17-12/h1-3,9H,4-5H2/t9-,12-/m0/s1. The molecule has 0 saturated carbocycles. The van der Waals surface area contributed by atoms with E-state index in [-0.39, 0.29) is 18.7 Å². The van der Waals surface area contributed by atoms with Gasteiger partial charge in [-0.2, -0.15) is 10.2 Å². The third kappa shape index (κ3) is 2.10. The normalized spacial score (nSPS) is 28.9. The lowest BCUT2D eigenvalue weighted by molar-refractivity contribution is -0.122. The summed E-state index contributed by atoms with van der Waals surface area (Å²) in [5.41, 5.74) is -1.41. The minimum absolute atomic E-state index is 0.0390. The molecule has 0 N–H and O–H groups in total. The molecule has 1 saturated heterocycles.